The molecular formula is C21H24ClN3. The zero-order valence-corrected chi connectivity index (χ0v) is 15.3. The van der Waals surface area contributed by atoms with Crippen LogP contribution >= 0.6 is 11.6 Å². The molecule has 2 aromatic rings. The van der Waals surface area contributed by atoms with Gasteiger partial charge in [0.15, 0.2) is 0 Å². The smallest absolute Gasteiger partial charge is 0.124 e. The number of nitrogens with zero attached hydrogens (tertiary/aromatic N) is 2. The molecule has 25 heavy (non-hydrogen) atoms. The molecule has 4 heteroatoms. The SMILES string of the molecule is CC1CCCCN1c1ccc(C=CC(N)=Nc2ccc(Cl)cc2)cc1. The van der Waals surface area contributed by atoms with Gasteiger partial charge in [0.1, 0.15) is 5.84 Å². The molecule has 1 aliphatic rings. The van der Waals surface area contributed by atoms with Crippen LogP contribution in [0, 0.1) is 0 Å². The molecule has 1 saturated heterocycles. The third kappa shape index (κ3) is 4.86. The van der Waals surface area contributed by atoms with Gasteiger partial charge >= 0.3 is 0 Å². The van der Waals surface area contributed by atoms with Crippen molar-refractivity contribution in [1.82, 2.24) is 0 Å². The largest absolute Gasteiger partial charge is 0.384 e. The van der Waals surface area contributed by atoms with E-state index in [1.54, 1.807) is 12.1 Å². The topological polar surface area (TPSA) is 41.6 Å². The van der Waals surface area contributed by atoms with Gasteiger partial charge in [-0.05, 0) is 74.2 Å². The highest BCUT2D eigenvalue weighted by Crippen LogP contribution is 2.25. The fraction of sp³-hybridized carbons (Fsp3) is 0.286. The van der Waals surface area contributed by atoms with E-state index >= 15 is 0 Å². The van der Waals surface area contributed by atoms with Crippen LogP contribution in [0.3, 0.4) is 0 Å². The molecule has 1 fully saturated rings. The number of benzene rings is 2. The summed E-state index contributed by atoms with van der Waals surface area (Å²) in [6, 6.07) is 16.6. The Kier molecular flexibility index (Phi) is 5.77. The predicted octanol–water partition coefficient (Wildman–Crippen LogP) is 5.42. The maximum Gasteiger partial charge on any atom is 0.124 e. The van der Waals surface area contributed by atoms with Gasteiger partial charge in [-0.25, -0.2) is 4.99 Å². The number of rotatable bonds is 4. The number of halogens is 1. The molecule has 1 unspecified atom stereocenters. The first-order valence-electron chi connectivity index (χ1n) is 8.76. The van der Waals surface area contributed by atoms with E-state index in [-0.39, 0.29) is 0 Å². The number of piperidine rings is 1. The molecule has 0 saturated carbocycles. The molecule has 130 valence electrons. The molecule has 3 rings (SSSR count). The van der Waals surface area contributed by atoms with Crippen molar-refractivity contribution in [2.45, 2.75) is 32.2 Å². The van der Waals surface area contributed by atoms with E-state index in [1.807, 2.05) is 24.3 Å². The van der Waals surface area contributed by atoms with Gasteiger partial charge in [-0.2, -0.15) is 0 Å². The quantitative estimate of drug-likeness (QED) is 0.589. The second-order valence-electron chi connectivity index (χ2n) is 6.48. The van der Waals surface area contributed by atoms with Crippen molar-refractivity contribution in [3.63, 3.8) is 0 Å². The highest BCUT2D eigenvalue weighted by atomic mass is 35.5. The molecular weight excluding hydrogens is 330 g/mol. The number of amidine groups is 1. The van der Waals surface area contributed by atoms with Crippen LogP contribution in [0.25, 0.3) is 6.08 Å². The third-order valence-corrected chi connectivity index (χ3v) is 4.81. The molecule has 2 aromatic carbocycles. The standard InChI is InChI=1S/C21H24ClN3/c1-16-4-2-3-15-25(16)20-12-5-17(6-13-20)7-14-21(23)24-19-10-8-18(22)9-11-19/h5-14,16H,2-4,15H2,1H3,(H2,23,24). The molecule has 0 aliphatic carbocycles. The van der Waals surface area contributed by atoms with Gasteiger partial charge in [0, 0.05) is 23.3 Å². The van der Waals surface area contributed by atoms with Crippen LogP contribution in [0.4, 0.5) is 11.4 Å². The Morgan fingerprint density at radius 2 is 1.84 bits per heavy atom. The molecule has 0 radical (unpaired) electrons. The van der Waals surface area contributed by atoms with Crippen LogP contribution in [0.5, 0.6) is 0 Å². The van der Waals surface area contributed by atoms with E-state index < -0.39 is 0 Å². The van der Waals surface area contributed by atoms with E-state index in [1.165, 1.54) is 24.9 Å². The minimum atomic E-state index is 0.469. The molecule has 1 aliphatic heterocycles. The minimum Gasteiger partial charge on any atom is -0.384 e. The average Bonchev–Trinajstić information content (AvgIpc) is 2.63. The third-order valence-electron chi connectivity index (χ3n) is 4.56. The Morgan fingerprint density at radius 3 is 2.52 bits per heavy atom. The maximum atomic E-state index is 5.98. The van der Waals surface area contributed by atoms with Gasteiger partial charge in [-0.3, -0.25) is 0 Å². The molecule has 0 spiro atoms. The summed E-state index contributed by atoms with van der Waals surface area (Å²) in [6.07, 6.45) is 7.71. The normalized spacial score (nSPS) is 18.7. The maximum absolute atomic E-state index is 5.98. The molecule has 1 heterocycles. The zero-order valence-electron chi connectivity index (χ0n) is 14.5. The lowest BCUT2D eigenvalue weighted by molar-refractivity contribution is 0.485. The van der Waals surface area contributed by atoms with Crippen molar-refractivity contribution in [2.75, 3.05) is 11.4 Å². The molecule has 0 amide bonds. The molecule has 1 atom stereocenters. The van der Waals surface area contributed by atoms with Crippen LogP contribution < -0.4 is 10.6 Å². The number of hydrogen-bond donors (Lipinski definition) is 1. The van der Waals surface area contributed by atoms with E-state index in [2.05, 4.69) is 41.1 Å². The number of hydrogen-bond acceptors (Lipinski definition) is 2. The number of nitrogens with two attached hydrogens (primary N) is 1. The summed E-state index contributed by atoms with van der Waals surface area (Å²) in [5, 5.41) is 0.691. The summed E-state index contributed by atoms with van der Waals surface area (Å²) in [6.45, 7) is 3.46. The highest BCUT2D eigenvalue weighted by molar-refractivity contribution is 6.30. The Bertz CT molecular complexity index is 748. The number of anilines is 1. The predicted molar refractivity (Wildman–Crippen MR) is 109 cm³/mol. The first-order chi connectivity index (χ1) is 12.1. The van der Waals surface area contributed by atoms with Crippen molar-refractivity contribution >= 4 is 34.9 Å². The minimum absolute atomic E-state index is 0.469. The van der Waals surface area contributed by atoms with Crippen LogP contribution in [0.1, 0.15) is 31.7 Å². The highest BCUT2D eigenvalue weighted by Gasteiger charge is 2.17. The summed E-state index contributed by atoms with van der Waals surface area (Å²) >= 11 is 5.87. The Morgan fingerprint density at radius 1 is 1.12 bits per heavy atom. The second kappa shape index (κ2) is 8.21. The van der Waals surface area contributed by atoms with E-state index in [0.717, 1.165) is 17.8 Å². The monoisotopic (exact) mass is 353 g/mol. The van der Waals surface area contributed by atoms with Crippen molar-refractivity contribution in [3.05, 3.63) is 65.2 Å². The van der Waals surface area contributed by atoms with Crippen molar-refractivity contribution < 1.29 is 0 Å². The van der Waals surface area contributed by atoms with Gasteiger partial charge in [0.05, 0.1) is 5.69 Å². The zero-order chi connectivity index (χ0) is 17.6. The first-order valence-corrected chi connectivity index (χ1v) is 9.14. The molecule has 0 aromatic heterocycles. The van der Waals surface area contributed by atoms with Crippen LogP contribution in [0.15, 0.2) is 59.6 Å². The fourth-order valence-electron chi connectivity index (χ4n) is 3.14. The molecule has 0 bridgehead atoms. The van der Waals surface area contributed by atoms with Gasteiger partial charge < -0.3 is 10.6 Å². The van der Waals surface area contributed by atoms with Crippen LogP contribution in [-0.4, -0.2) is 18.4 Å². The lowest BCUT2D eigenvalue weighted by Gasteiger charge is -2.35. The van der Waals surface area contributed by atoms with Gasteiger partial charge in [-0.15, -0.1) is 0 Å². The summed E-state index contributed by atoms with van der Waals surface area (Å²) < 4.78 is 0. The summed E-state index contributed by atoms with van der Waals surface area (Å²) in [5.74, 6) is 0.469. The molecule has 2 N–H and O–H groups in total. The lowest BCUT2D eigenvalue weighted by atomic mass is 10.0. The van der Waals surface area contributed by atoms with Crippen LogP contribution in [0.2, 0.25) is 5.02 Å². The Hall–Kier alpha value is -2.26. The van der Waals surface area contributed by atoms with Crippen LogP contribution in [-0.2, 0) is 0 Å². The number of aliphatic imine (C=N–C) groups is 1. The summed E-state index contributed by atoms with van der Waals surface area (Å²) in [4.78, 5) is 6.85. The van der Waals surface area contributed by atoms with E-state index in [9.17, 15) is 0 Å². The summed E-state index contributed by atoms with van der Waals surface area (Å²) in [5.41, 5.74) is 9.18. The van der Waals surface area contributed by atoms with Crippen molar-refractivity contribution in [2.24, 2.45) is 10.7 Å². The average molecular weight is 354 g/mol. The summed E-state index contributed by atoms with van der Waals surface area (Å²) in [7, 11) is 0. The van der Waals surface area contributed by atoms with Gasteiger partial charge in [0.2, 0.25) is 0 Å². The Labute approximate surface area is 154 Å². The lowest BCUT2D eigenvalue weighted by Crippen LogP contribution is -2.37. The Balaban J connectivity index is 1.66. The second-order valence-corrected chi connectivity index (χ2v) is 6.91. The van der Waals surface area contributed by atoms with Gasteiger partial charge in [-0.1, -0.05) is 29.8 Å². The van der Waals surface area contributed by atoms with Gasteiger partial charge in [0.25, 0.3) is 0 Å². The fourth-order valence-corrected chi connectivity index (χ4v) is 3.27. The van der Waals surface area contributed by atoms with Crippen molar-refractivity contribution in [1.29, 1.82) is 0 Å². The van der Waals surface area contributed by atoms with E-state index in [0.29, 0.717) is 16.9 Å². The van der Waals surface area contributed by atoms with Crippen molar-refractivity contribution in [3.8, 4) is 0 Å². The first kappa shape index (κ1) is 17.6. The van der Waals surface area contributed by atoms with E-state index in [4.69, 9.17) is 17.3 Å². The molecule has 3 nitrogen and oxygen atoms in total.